The molecule has 172 valence electrons. The third-order valence-corrected chi connectivity index (χ3v) is 5.95. The van der Waals surface area contributed by atoms with Gasteiger partial charge in [0.15, 0.2) is 17.3 Å². The summed E-state index contributed by atoms with van der Waals surface area (Å²) in [7, 11) is 1.56. The largest absolute Gasteiger partial charge is 0.493 e. The molecule has 0 aromatic heterocycles. The number of benzene rings is 1. The highest BCUT2D eigenvalue weighted by atomic mass is 16.5. The maximum atomic E-state index is 13.0. The number of hydrogen-bond acceptors (Lipinski definition) is 5. The molecule has 31 heavy (non-hydrogen) atoms. The van der Waals surface area contributed by atoms with Crippen LogP contribution < -0.4 is 20.5 Å². The Balaban J connectivity index is 2.29. The minimum atomic E-state index is -0.350. The fourth-order valence-electron chi connectivity index (χ4n) is 4.01. The Bertz CT molecular complexity index is 793. The number of nitrogens with one attached hydrogen (secondary N) is 1. The Labute approximate surface area is 186 Å². The van der Waals surface area contributed by atoms with Gasteiger partial charge in [-0.05, 0) is 51.3 Å². The first-order chi connectivity index (χ1) is 14.8. The van der Waals surface area contributed by atoms with Gasteiger partial charge in [0, 0.05) is 11.1 Å². The van der Waals surface area contributed by atoms with E-state index in [2.05, 4.69) is 19.2 Å². The average molecular weight is 431 g/mol. The van der Waals surface area contributed by atoms with E-state index in [0.717, 1.165) is 44.9 Å². The number of Topliss-reactive ketones (excluding diaryl/α,β-unsaturated/α-hetero) is 1. The number of amides is 1. The number of rotatable bonds is 10. The van der Waals surface area contributed by atoms with E-state index < -0.39 is 0 Å². The Kier molecular flexibility index (Phi) is 9.41. The number of unbranched alkanes of at least 4 members (excludes halogenated alkanes) is 2. The summed E-state index contributed by atoms with van der Waals surface area (Å²) in [6, 6.07) is 3.50. The second-order valence-corrected chi connectivity index (χ2v) is 8.70. The Morgan fingerprint density at radius 1 is 1.16 bits per heavy atom. The van der Waals surface area contributed by atoms with E-state index >= 15 is 0 Å². The standard InChI is InChI=1S/C25H38N2O4/c1-5-6-11-16-31-23-21(30-4)13-12-19(22(23)26)17-20(18(2)28)24(29)27-25(3)14-9-7-8-10-15-25/h12-13,17H,5-11,14-16,26H2,1-4H3,(H,27,29)/b20-17+. The lowest BCUT2D eigenvalue weighted by molar-refractivity contribution is -0.122. The molecule has 0 aliphatic heterocycles. The van der Waals surface area contributed by atoms with Crippen LogP contribution in [0.15, 0.2) is 17.7 Å². The number of hydrogen-bond donors (Lipinski definition) is 2. The van der Waals surface area contributed by atoms with Crippen LogP contribution in [0.25, 0.3) is 6.08 Å². The first-order valence-corrected chi connectivity index (χ1v) is 11.5. The lowest BCUT2D eigenvalue weighted by atomic mass is 9.91. The summed E-state index contributed by atoms with van der Waals surface area (Å²) in [5, 5.41) is 3.12. The molecule has 2 rings (SSSR count). The number of nitrogen functional groups attached to an aromatic ring is 1. The second kappa shape index (κ2) is 11.8. The second-order valence-electron chi connectivity index (χ2n) is 8.70. The van der Waals surface area contributed by atoms with Gasteiger partial charge < -0.3 is 20.5 Å². The van der Waals surface area contributed by atoms with Gasteiger partial charge in [0.05, 0.1) is 25.0 Å². The fourth-order valence-corrected chi connectivity index (χ4v) is 4.01. The predicted octanol–water partition coefficient (Wildman–Crippen LogP) is 5.05. The van der Waals surface area contributed by atoms with Crippen molar-refractivity contribution in [2.24, 2.45) is 0 Å². The number of ketones is 1. The van der Waals surface area contributed by atoms with E-state index in [4.69, 9.17) is 15.2 Å². The molecule has 0 radical (unpaired) electrons. The quantitative estimate of drug-likeness (QED) is 0.135. The van der Waals surface area contributed by atoms with Gasteiger partial charge in [-0.25, -0.2) is 0 Å². The van der Waals surface area contributed by atoms with Crippen molar-refractivity contribution in [3.8, 4) is 11.5 Å². The number of methoxy groups -OCH3 is 1. The van der Waals surface area contributed by atoms with Crippen LogP contribution in [0.2, 0.25) is 0 Å². The number of anilines is 1. The normalized spacial score (nSPS) is 16.3. The lowest BCUT2D eigenvalue weighted by Crippen LogP contribution is -2.46. The number of ether oxygens (including phenoxy) is 2. The van der Waals surface area contributed by atoms with Crippen molar-refractivity contribution in [1.82, 2.24) is 5.32 Å². The molecule has 0 heterocycles. The van der Waals surface area contributed by atoms with Gasteiger partial charge in [0.1, 0.15) is 0 Å². The SMILES string of the molecule is CCCCCOc1c(OC)ccc(/C=C(\C(C)=O)C(=O)NC2(C)CCCCCC2)c1N. The maximum absolute atomic E-state index is 13.0. The van der Waals surface area contributed by atoms with Crippen LogP contribution in [-0.2, 0) is 9.59 Å². The summed E-state index contributed by atoms with van der Waals surface area (Å²) < 4.78 is 11.3. The third kappa shape index (κ3) is 7.01. The van der Waals surface area contributed by atoms with Crippen molar-refractivity contribution in [2.75, 3.05) is 19.5 Å². The van der Waals surface area contributed by atoms with E-state index in [-0.39, 0.29) is 22.8 Å². The summed E-state index contributed by atoms with van der Waals surface area (Å²) in [6.07, 6.45) is 11.0. The van der Waals surface area contributed by atoms with Crippen molar-refractivity contribution in [3.63, 3.8) is 0 Å². The van der Waals surface area contributed by atoms with Crippen LogP contribution in [0.1, 0.15) is 84.1 Å². The van der Waals surface area contributed by atoms with Gasteiger partial charge in [-0.3, -0.25) is 9.59 Å². The minimum Gasteiger partial charge on any atom is -0.493 e. The number of nitrogens with two attached hydrogens (primary N) is 1. The van der Waals surface area contributed by atoms with Gasteiger partial charge in [-0.1, -0.05) is 45.4 Å². The van der Waals surface area contributed by atoms with Crippen molar-refractivity contribution in [2.45, 2.75) is 84.1 Å². The molecule has 1 aromatic rings. The van der Waals surface area contributed by atoms with Crippen LogP contribution in [0.3, 0.4) is 0 Å². The van der Waals surface area contributed by atoms with Crippen LogP contribution >= 0.6 is 0 Å². The number of carbonyl (C=O) groups excluding carboxylic acids is 2. The van der Waals surface area contributed by atoms with E-state index in [0.29, 0.717) is 29.4 Å². The molecule has 1 aliphatic carbocycles. The summed E-state index contributed by atoms with van der Waals surface area (Å²) in [5.41, 5.74) is 7.10. The molecular formula is C25H38N2O4. The van der Waals surface area contributed by atoms with Gasteiger partial charge in [-0.15, -0.1) is 0 Å². The van der Waals surface area contributed by atoms with Gasteiger partial charge >= 0.3 is 0 Å². The van der Waals surface area contributed by atoms with E-state index in [1.54, 1.807) is 25.3 Å². The summed E-state index contributed by atoms with van der Waals surface area (Å²) in [5.74, 6) is 0.338. The Hall–Kier alpha value is -2.50. The zero-order valence-electron chi connectivity index (χ0n) is 19.5. The molecular weight excluding hydrogens is 392 g/mol. The van der Waals surface area contributed by atoms with E-state index in [1.807, 2.05) is 0 Å². The maximum Gasteiger partial charge on any atom is 0.255 e. The first kappa shape index (κ1) is 24.8. The van der Waals surface area contributed by atoms with Crippen LogP contribution in [0, 0.1) is 0 Å². The third-order valence-electron chi connectivity index (χ3n) is 5.95. The smallest absolute Gasteiger partial charge is 0.255 e. The van der Waals surface area contributed by atoms with Crippen LogP contribution in [-0.4, -0.2) is 30.9 Å². The molecule has 1 aliphatic rings. The molecule has 1 saturated carbocycles. The average Bonchev–Trinajstić information content (AvgIpc) is 2.94. The van der Waals surface area contributed by atoms with Crippen LogP contribution in [0.4, 0.5) is 5.69 Å². The predicted molar refractivity (Wildman–Crippen MR) is 125 cm³/mol. The molecule has 1 aromatic carbocycles. The molecule has 6 nitrogen and oxygen atoms in total. The Morgan fingerprint density at radius 2 is 1.84 bits per heavy atom. The van der Waals surface area contributed by atoms with Gasteiger partial charge in [0.2, 0.25) is 0 Å². The minimum absolute atomic E-state index is 0.0965. The van der Waals surface area contributed by atoms with Crippen molar-refractivity contribution < 1.29 is 19.1 Å². The molecule has 0 unspecified atom stereocenters. The topological polar surface area (TPSA) is 90.6 Å². The fraction of sp³-hybridized carbons (Fsp3) is 0.600. The summed E-state index contributed by atoms with van der Waals surface area (Å²) >= 11 is 0. The van der Waals surface area contributed by atoms with Crippen molar-refractivity contribution in [1.29, 1.82) is 0 Å². The Morgan fingerprint density at radius 3 is 2.42 bits per heavy atom. The van der Waals surface area contributed by atoms with Gasteiger partial charge in [0.25, 0.3) is 5.91 Å². The zero-order chi connectivity index (χ0) is 22.9. The lowest BCUT2D eigenvalue weighted by Gasteiger charge is -2.29. The summed E-state index contributed by atoms with van der Waals surface area (Å²) in [6.45, 7) is 6.13. The zero-order valence-corrected chi connectivity index (χ0v) is 19.5. The first-order valence-electron chi connectivity index (χ1n) is 11.5. The van der Waals surface area contributed by atoms with Crippen molar-refractivity contribution in [3.05, 3.63) is 23.3 Å². The molecule has 3 N–H and O–H groups in total. The number of carbonyl (C=O) groups is 2. The van der Waals surface area contributed by atoms with E-state index in [9.17, 15) is 9.59 Å². The highest BCUT2D eigenvalue weighted by Gasteiger charge is 2.29. The highest BCUT2D eigenvalue weighted by molar-refractivity contribution is 6.22. The van der Waals surface area contributed by atoms with E-state index in [1.165, 1.54) is 19.8 Å². The molecule has 6 heteroatoms. The van der Waals surface area contributed by atoms with Crippen molar-refractivity contribution >= 4 is 23.5 Å². The van der Waals surface area contributed by atoms with Crippen LogP contribution in [0.5, 0.6) is 11.5 Å². The molecule has 0 saturated heterocycles. The molecule has 0 spiro atoms. The molecule has 1 fully saturated rings. The monoisotopic (exact) mass is 430 g/mol. The molecule has 1 amide bonds. The van der Waals surface area contributed by atoms with Gasteiger partial charge in [-0.2, -0.15) is 0 Å². The molecule has 0 atom stereocenters. The highest BCUT2D eigenvalue weighted by Crippen LogP contribution is 2.37. The summed E-state index contributed by atoms with van der Waals surface area (Å²) in [4.78, 5) is 25.4. The molecule has 0 bridgehead atoms.